The molecule has 1 aliphatic heterocycles. The van der Waals surface area contributed by atoms with Crippen LogP contribution in [0.15, 0.2) is 40.9 Å². The van der Waals surface area contributed by atoms with Gasteiger partial charge in [-0.25, -0.2) is 0 Å². The Bertz CT molecular complexity index is 685. The van der Waals surface area contributed by atoms with Crippen LogP contribution >= 0.6 is 15.9 Å². The average molecular weight is 332 g/mol. The van der Waals surface area contributed by atoms with Gasteiger partial charge in [-0.05, 0) is 48.4 Å². The minimum atomic E-state index is 0.0790. The van der Waals surface area contributed by atoms with Gasteiger partial charge in [0.15, 0.2) is 0 Å². The summed E-state index contributed by atoms with van der Waals surface area (Å²) in [6, 6.07) is 11.6. The maximum Gasteiger partial charge on any atom is 0.224 e. The normalized spacial score (nSPS) is 13.6. The van der Waals surface area contributed by atoms with Crippen LogP contribution in [0.25, 0.3) is 0 Å². The number of aryl methyl sites for hydroxylation is 1. The second-order valence-corrected chi connectivity index (χ2v) is 5.69. The molecule has 1 aliphatic rings. The molecule has 3 rings (SSSR count). The van der Waals surface area contributed by atoms with Gasteiger partial charge < -0.3 is 16.4 Å². The molecule has 0 atom stereocenters. The van der Waals surface area contributed by atoms with E-state index in [0.717, 1.165) is 33.5 Å². The predicted octanol–water partition coefficient (Wildman–Crippen LogP) is 3.66. The number of hydrogen-bond acceptors (Lipinski definition) is 3. The van der Waals surface area contributed by atoms with Crippen molar-refractivity contribution in [3.05, 3.63) is 46.4 Å². The van der Waals surface area contributed by atoms with Gasteiger partial charge in [-0.2, -0.15) is 0 Å². The van der Waals surface area contributed by atoms with E-state index in [1.54, 1.807) is 0 Å². The SMILES string of the molecule is Nc1cc(Br)ccc1Nc1ccc2c(c1)CCC(=O)N2. The Balaban J connectivity index is 1.86. The standard InChI is InChI=1S/C15H14BrN3O/c16-10-2-4-14(12(17)8-10)18-11-3-5-13-9(7-11)1-6-15(20)19-13/h2-5,7-8,18H,1,6,17H2,(H,19,20). The number of halogens is 1. The van der Waals surface area contributed by atoms with E-state index in [1.807, 2.05) is 30.3 Å². The molecule has 20 heavy (non-hydrogen) atoms. The number of anilines is 4. The van der Waals surface area contributed by atoms with E-state index < -0.39 is 0 Å². The van der Waals surface area contributed by atoms with Crippen molar-refractivity contribution in [1.29, 1.82) is 0 Å². The first-order chi connectivity index (χ1) is 9.61. The number of amides is 1. The summed E-state index contributed by atoms with van der Waals surface area (Å²) < 4.78 is 0.953. The van der Waals surface area contributed by atoms with Gasteiger partial charge in [-0.3, -0.25) is 4.79 Å². The molecule has 1 amide bonds. The van der Waals surface area contributed by atoms with Crippen LogP contribution in [0.3, 0.4) is 0 Å². The molecule has 0 bridgehead atoms. The highest BCUT2D eigenvalue weighted by Crippen LogP contribution is 2.30. The fourth-order valence-electron chi connectivity index (χ4n) is 2.26. The number of hydrogen-bond donors (Lipinski definition) is 3. The Morgan fingerprint density at radius 2 is 2.00 bits per heavy atom. The summed E-state index contributed by atoms with van der Waals surface area (Å²) in [4.78, 5) is 11.3. The van der Waals surface area contributed by atoms with Crippen LogP contribution < -0.4 is 16.4 Å². The van der Waals surface area contributed by atoms with Crippen molar-refractivity contribution in [1.82, 2.24) is 0 Å². The minimum absolute atomic E-state index is 0.0790. The Kier molecular flexibility index (Phi) is 3.36. The quantitative estimate of drug-likeness (QED) is 0.735. The lowest BCUT2D eigenvalue weighted by molar-refractivity contribution is -0.116. The Hall–Kier alpha value is -2.01. The zero-order valence-electron chi connectivity index (χ0n) is 10.7. The maximum absolute atomic E-state index is 11.3. The summed E-state index contributed by atoms with van der Waals surface area (Å²) in [5.41, 5.74) is 10.5. The lowest BCUT2D eigenvalue weighted by Gasteiger charge is -2.18. The highest BCUT2D eigenvalue weighted by atomic mass is 79.9. The Labute approximate surface area is 125 Å². The predicted molar refractivity (Wildman–Crippen MR) is 85.2 cm³/mol. The second-order valence-electron chi connectivity index (χ2n) is 4.78. The number of rotatable bonds is 2. The number of carbonyl (C=O) groups excluding carboxylic acids is 1. The van der Waals surface area contributed by atoms with Crippen LogP contribution in [0.4, 0.5) is 22.7 Å². The van der Waals surface area contributed by atoms with Gasteiger partial charge in [0, 0.05) is 22.3 Å². The largest absolute Gasteiger partial charge is 0.397 e. The maximum atomic E-state index is 11.3. The molecular formula is C15H14BrN3O. The van der Waals surface area contributed by atoms with E-state index in [0.29, 0.717) is 12.1 Å². The summed E-state index contributed by atoms with van der Waals surface area (Å²) in [6.07, 6.45) is 1.31. The second kappa shape index (κ2) is 5.17. The number of fused-ring (bicyclic) bond motifs is 1. The zero-order chi connectivity index (χ0) is 14.1. The van der Waals surface area contributed by atoms with Crippen LogP contribution in [0.5, 0.6) is 0 Å². The minimum Gasteiger partial charge on any atom is -0.397 e. The van der Waals surface area contributed by atoms with E-state index in [2.05, 4.69) is 32.6 Å². The van der Waals surface area contributed by atoms with Gasteiger partial charge in [0.05, 0.1) is 11.4 Å². The first kappa shape index (κ1) is 13.0. The molecule has 0 saturated carbocycles. The van der Waals surface area contributed by atoms with Crippen molar-refractivity contribution in [3.63, 3.8) is 0 Å². The Morgan fingerprint density at radius 3 is 2.80 bits per heavy atom. The van der Waals surface area contributed by atoms with E-state index in [1.165, 1.54) is 0 Å². The van der Waals surface area contributed by atoms with E-state index in [4.69, 9.17) is 5.73 Å². The lowest BCUT2D eigenvalue weighted by atomic mass is 10.0. The van der Waals surface area contributed by atoms with E-state index in [-0.39, 0.29) is 5.91 Å². The van der Waals surface area contributed by atoms with E-state index in [9.17, 15) is 4.79 Å². The molecule has 2 aromatic carbocycles. The molecule has 0 saturated heterocycles. The fraction of sp³-hybridized carbons (Fsp3) is 0.133. The molecule has 0 fully saturated rings. The third kappa shape index (κ3) is 2.63. The van der Waals surface area contributed by atoms with Crippen molar-refractivity contribution < 1.29 is 4.79 Å². The smallest absolute Gasteiger partial charge is 0.224 e. The van der Waals surface area contributed by atoms with Crippen LogP contribution in [-0.4, -0.2) is 5.91 Å². The fourth-order valence-corrected chi connectivity index (χ4v) is 2.64. The van der Waals surface area contributed by atoms with Gasteiger partial charge in [0.1, 0.15) is 0 Å². The van der Waals surface area contributed by atoms with E-state index >= 15 is 0 Å². The highest BCUT2D eigenvalue weighted by Gasteiger charge is 2.14. The summed E-state index contributed by atoms with van der Waals surface area (Å²) in [5, 5.41) is 6.17. The highest BCUT2D eigenvalue weighted by molar-refractivity contribution is 9.10. The number of benzene rings is 2. The third-order valence-electron chi connectivity index (χ3n) is 3.29. The van der Waals surface area contributed by atoms with Crippen LogP contribution in [0, 0.1) is 0 Å². The monoisotopic (exact) mass is 331 g/mol. The average Bonchev–Trinajstić information content (AvgIpc) is 2.42. The van der Waals surface area contributed by atoms with Crippen molar-refractivity contribution in [3.8, 4) is 0 Å². The first-order valence-corrected chi connectivity index (χ1v) is 7.16. The van der Waals surface area contributed by atoms with Crippen molar-refractivity contribution in [2.45, 2.75) is 12.8 Å². The van der Waals surface area contributed by atoms with Crippen molar-refractivity contribution in [2.75, 3.05) is 16.4 Å². The molecule has 0 aliphatic carbocycles. The molecule has 0 unspecified atom stereocenters. The van der Waals surface area contributed by atoms with Gasteiger partial charge in [0.25, 0.3) is 0 Å². The molecule has 102 valence electrons. The molecule has 2 aromatic rings. The molecule has 4 N–H and O–H groups in total. The van der Waals surface area contributed by atoms with Crippen LogP contribution in [0.2, 0.25) is 0 Å². The van der Waals surface area contributed by atoms with Crippen LogP contribution in [-0.2, 0) is 11.2 Å². The van der Waals surface area contributed by atoms with Gasteiger partial charge in [0.2, 0.25) is 5.91 Å². The molecular weight excluding hydrogens is 318 g/mol. The molecule has 5 heteroatoms. The van der Waals surface area contributed by atoms with Gasteiger partial charge in [-0.1, -0.05) is 15.9 Å². The topological polar surface area (TPSA) is 67.1 Å². The summed E-state index contributed by atoms with van der Waals surface area (Å²) in [6.45, 7) is 0. The summed E-state index contributed by atoms with van der Waals surface area (Å²) >= 11 is 3.39. The van der Waals surface area contributed by atoms with Gasteiger partial charge >= 0.3 is 0 Å². The van der Waals surface area contributed by atoms with Crippen molar-refractivity contribution in [2.24, 2.45) is 0 Å². The van der Waals surface area contributed by atoms with Crippen molar-refractivity contribution >= 4 is 44.6 Å². The third-order valence-corrected chi connectivity index (χ3v) is 3.79. The number of nitrogens with two attached hydrogens (primary N) is 1. The molecule has 0 spiro atoms. The zero-order valence-corrected chi connectivity index (χ0v) is 12.3. The molecule has 1 heterocycles. The molecule has 0 radical (unpaired) electrons. The lowest BCUT2D eigenvalue weighted by Crippen LogP contribution is -2.18. The number of carbonyl (C=O) groups is 1. The van der Waals surface area contributed by atoms with Gasteiger partial charge in [-0.15, -0.1) is 0 Å². The molecule has 4 nitrogen and oxygen atoms in total. The summed E-state index contributed by atoms with van der Waals surface area (Å²) in [7, 11) is 0. The first-order valence-electron chi connectivity index (χ1n) is 6.36. The number of nitrogens with one attached hydrogen (secondary N) is 2. The Morgan fingerprint density at radius 1 is 1.15 bits per heavy atom. The number of nitrogen functional groups attached to an aromatic ring is 1. The summed E-state index contributed by atoms with van der Waals surface area (Å²) in [5.74, 6) is 0.0790. The molecule has 0 aromatic heterocycles. The van der Waals surface area contributed by atoms with Crippen LogP contribution in [0.1, 0.15) is 12.0 Å².